The third kappa shape index (κ3) is 4.42. The number of carbonyl (C=O) groups is 1. The van der Waals surface area contributed by atoms with E-state index in [0.29, 0.717) is 41.0 Å². The van der Waals surface area contributed by atoms with Gasteiger partial charge in [0.25, 0.3) is 5.91 Å². The van der Waals surface area contributed by atoms with Crippen molar-refractivity contribution in [2.24, 2.45) is 0 Å². The third-order valence-corrected chi connectivity index (χ3v) is 4.45. The van der Waals surface area contributed by atoms with Crippen molar-refractivity contribution < 1.29 is 14.3 Å². The van der Waals surface area contributed by atoms with Crippen molar-refractivity contribution in [2.75, 3.05) is 18.5 Å². The Balaban J connectivity index is 2.29. The molecule has 2 aromatic carbocycles. The van der Waals surface area contributed by atoms with Crippen molar-refractivity contribution >= 4 is 39.1 Å². The molecule has 6 heteroatoms. The molecule has 0 fully saturated rings. The highest BCUT2D eigenvalue weighted by atomic mass is 79.9. The maximum atomic E-state index is 12.5. The highest BCUT2D eigenvalue weighted by Gasteiger charge is 2.16. The Morgan fingerprint density at radius 2 is 1.88 bits per heavy atom. The number of hydrogen-bond acceptors (Lipinski definition) is 3. The van der Waals surface area contributed by atoms with Crippen LogP contribution in [0.4, 0.5) is 5.69 Å². The lowest BCUT2D eigenvalue weighted by Gasteiger charge is -2.14. The first kappa shape index (κ1) is 18.6. The number of ether oxygens (including phenoxy) is 2. The summed E-state index contributed by atoms with van der Waals surface area (Å²) in [6.45, 7) is 6.60. The van der Waals surface area contributed by atoms with E-state index in [0.717, 1.165) is 10.0 Å². The summed E-state index contributed by atoms with van der Waals surface area (Å²) in [5.74, 6) is 0.656. The number of amides is 1. The Kier molecular flexibility index (Phi) is 6.52. The average Bonchev–Trinajstić information content (AvgIpc) is 2.54. The number of aryl methyl sites for hydroxylation is 1. The maximum Gasteiger partial charge on any atom is 0.255 e. The molecule has 0 spiro atoms. The minimum absolute atomic E-state index is 0.261. The van der Waals surface area contributed by atoms with Crippen LogP contribution < -0.4 is 14.8 Å². The highest BCUT2D eigenvalue weighted by molar-refractivity contribution is 9.10. The molecule has 0 radical (unpaired) electrons. The Bertz CT molecular complexity index is 749. The summed E-state index contributed by atoms with van der Waals surface area (Å²) in [6.07, 6.45) is 0. The standard InChI is InChI=1S/C18H19BrClNO3/c1-4-23-16-10-12(9-15(20)17(16)24-5-2)18(22)21-13-6-7-14(19)11(3)8-13/h6-10H,4-5H2,1-3H3,(H,21,22). The van der Waals surface area contributed by atoms with Crippen LogP contribution in [0.15, 0.2) is 34.8 Å². The Labute approximate surface area is 155 Å². The molecular weight excluding hydrogens is 394 g/mol. The molecule has 0 aliphatic heterocycles. The molecule has 0 aliphatic rings. The zero-order chi connectivity index (χ0) is 17.7. The maximum absolute atomic E-state index is 12.5. The largest absolute Gasteiger partial charge is 0.490 e. The van der Waals surface area contributed by atoms with Gasteiger partial charge in [-0.1, -0.05) is 27.5 Å². The van der Waals surface area contributed by atoms with Crippen LogP contribution in [0.2, 0.25) is 5.02 Å². The van der Waals surface area contributed by atoms with Gasteiger partial charge in [-0.25, -0.2) is 0 Å². The van der Waals surface area contributed by atoms with Gasteiger partial charge in [-0.15, -0.1) is 0 Å². The van der Waals surface area contributed by atoms with Gasteiger partial charge in [0, 0.05) is 15.7 Å². The van der Waals surface area contributed by atoms with E-state index in [1.54, 1.807) is 12.1 Å². The summed E-state index contributed by atoms with van der Waals surface area (Å²) in [6, 6.07) is 8.83. The van der Waals surface area contributed by atoms with Crippen LogP contribution in [0.5, 0.6) is 11.5 Å². The Morgan fingerprint density at radius 1 is 1.17 bits per heavy atom. The number of rotatable bonds is 6. The van der Waals surface area contributed by atoms with Gasteiger partial charge in [0.1, 0.15) is 0 Å². The van der Waals surface area contributed by atoms with Gasteiger partial charge in [0.2, 0.25) is 0 Å². The number of nitrogens with one attached hydrogen (secondary N) is 1. The minimum Gasteiger partial charge on any atom is -0.490 e. The molecule has 4 nitrogen and oxygen atoms in total. The smallest absolute Gasteiger partial charge is 0.255 e. The number of anilines is 1. The first-order valence-corrected chi connectivity index (χ1v) is 8.80. The van der Waals surface area contributed by atoms with E-state index >= 15 is 0 Å². The third-order valence-electron chi connectivity index (χ3n) is 3.28. The number of benzene rings is 2. The van der Waals surface area contributed by atoms with Gasteiger partial charge in [0.15, 0.2) is 11.5 Å². The molecule has 0 saturated heterocycles. The monoisotopic (exact) mass is 411 g/mol. The molecule has 0 aromatic heterocycles. The second kappa shape index (κ2) is 8.40. The lowest BCUT2D eigenvalue weighted by molar-refractivity contribution is 0.102. The van der Waals surface area contributed by atoms with E-state index in [1.165, 1.54) is 0 Å². The van der Waals surface area contributed by atoms with Crippen LogP contribution >= 0.6 is 27.5 Å². The molecule has 0 atom stereocenters. The van der Waals surface area contributed by atoms with E-state index in [9.17, 15) is 4.79 Å². The van der Waals surface area contributed by atoms with Crippen LogP contribution in [0.25, 0.3) is 0 Å². The van der Waals surface area contributed by atoms with Crippen molar-refractivity contribution in [3.05, 3.63) is 51.0 Å². The molecule has 0 aliphatic carbocycles. The van der Waals surface area contributed by atoms with E-state index in [-0.39, 0.29) is 5.91 Å². The van der Waals surface area contributed by atoms with Gasteiger partial charge >= 0.3 is 0 Å². The summed E-state index contributed by atoms with van der Waals surface area (Å²) >= 11 is 9.69. The minimum atomic E-state index is -0.261. The predicted molar refractivity (Wildman–Crippen MR) is 101 cm³/mol. The van der Waals surface area contributed by atoms with E-state index < -0.39 is 0 Å². The van der Waals surface area contributed by atoms with Gasteiger partial charge in [-0.2, -0.15) is 0 Å². The quantitative estimate of drug-likeness (QED) is 0.685. The Morgan fingerprint density at radius 3 is 2.50 bits per heavy atom. The lowest BCUT2D eigenvalue weighted by Crippen LogP contribution is -2.13. The second-order valence-electron chi connectivity index (χ2n) is 5.07. The zero-order valence-corrected chi connectivity index (χ0v) is 16.1. The Hall–Kier alpha value is -1.72. The molecule has 0 bridgehead atoms. The normalized spacial score (nSPS) is 10.4. The molecular formula is C18H19BrClNO3. The first-order chi connectivity index (χ1) is 11.5. The average molecular weight is 413 g/mol. The van der Waals surface area contributed by atoms with E-state index in [2.05, 4.69) is 21.2 Å². The lowest BCUT2D eigenvalue weighted by atomic mass is 10.1. The summed E-state index contributed by atoms with van der Waals surface area (Å²) in [5, 5.41) is 3.21. The van der Waals surface area contributed by atoms with Gasteiger partial charge in [0.05, 0.1) is 18.2 Å². The molecule has 0 heterocycles. The number of hydrogen-bond donors (Lipinski definition) is 1. The summed E-state index contributed by atoms with van der Waals surface area (Å²) in [7, 11) is 0. The first-order valence-electron chi connectivity index (χ1n) is 7.62. The van der Waals surface area contributed by atoms with Crippen molar-refractivity contribution in [1.29, 1.82) is 0 Å². The summed E-state index contributed by atoms with van der Waals surface area (Å²) < 4.78 is 12.0. The molecule has 2 aromatic rings. The fourth-order valence-electron chi connectivity index (χ4n) is 2.17. The SMILES string of the molecule is CCOc1cc(C(=O)Nc2ccc(Br)c(C)c2)cc(Cl)c1OCC. The van der Waals surface area contributed by atoms with Crippen LogP contribution in [0.3, 0.4) is 0 Å². The fraction of sp³-hybridized carbons (Fsp3) is 0.278. The summed E-state index contributed by atoms with van der Waals surface area (Å²) in [4.78, 5) is 12.5. The van der Waals surface area contributed by atoms with Crippen molar-refractivity contribution in [2.45, 2.75) is 20.8 Å². The fourth-order valence-corrected chi connectivity index (χ4v) is 2.68. The van der Waals surface area contributed by atoms with Gasteiger partial charge < -0.3 is 14.8 Å². The van der Waals surface area contributed by atoms with Crippen LogP contribution in [0.1, 0.15) is 29.8 Å². The molecule has 2 rings (SSSR count). The van der Waals surface area contributed by atoms with Gasteiger partial charge in [-0.05, 0) is 56.7 Å². The van der Waals surface area contributed by atoms with Crippen molar-refractivity contribution in [3.8, 4) is 11.5 Å². The number of halogens is 2. The molecule has 24 heavy (non-hydrogen) atoms. The van der Waals surface area contributed by atoms with Crippen LogP contribution in [-0.2, 0) is 0 Å². The molecule has 128 valence electrons. The van der Waals surface area contributed by atoms with E-state index in [4.69, 9.17) is 21.1 Å². The second-order valence-corrected chi connectivity index (χ2v) is 6.33. The molecule has 1 amide bonds. The van der Waals surface area contributed by atoms with Crippen LogP contribution in [-0.4, -0.2) is 19.1 Å². The van der Waals surface area contributed by atoms with Crippen LogP contribution in [0, 0.1) is 6.92 Å². The molecule has 0 saturated carbocycles. The predicted octanol–water partition coefficient (Wildman–Crippen LogP) is 5.46. The number of carbonyl (C=O) groups excluding carboxylic acids is 1. The zero-order valence-electron chi connectivity index (χ0n) is 13.8. The topological polar surface area (TPSA) is 47.6 Å². The van der Waals surface area contributed by atoms with Crippen molar-refractivity contribution in [3.63, 3.8) is 0 Å². The molecule has 0 unspecified atom stereocenters. The van der Waals surface area contributed by atoms with Crippen molar-refractivity contribution in [1.82, 2.24) is 0 Å². The summed E-state index contributed by atoms with van der Waals surface area (Å²) in [5.41, 5.74) is 2.16. The highest BCUT2D eigenvalue weighted by Crippen LogP contribution is 2.37. The van der Waals surface area contributed by atoms with E-state index in [1.807, 2.05) is 39.0 Å². The van der Waals surface area contributed by atoms with Gasteiger partial charge in [-0.3, -0.25) is 4.79 Å². The molecule has 1 N–H and O–H groups in total.